The Morgan fingerprint density at radius 1 is 1.44 bits per heavy atom. The molecular formula is C13H21N3O2. The van der Waals surface area contributed by atoms with Crippen molar-refractivity contribution in [2.24, 2.45) is 0 Å². The number of benzene rings is 1. The SMILES string of the molecule is CCN(Cc1cccc([N+](=O)[O-])c1NC)C(C)C. The summed E-state index contributed by atoms with van der Waals surface area (Å²) in [5.74, 6) is 0. The summed E-state index contributed by atoms with van der Waals surface area (Å²) in [6, 6.07) is 5.62. The molecule has 0 unspecified atom stereocenters. The van der Waals surface area contributed by atoms with Crippen LogP contribution in [0.5, 0.6) is 0 Å². The number of rotatable bonds is 6. The van der Waals surface area contributed by atoms with Gasteiger partial charge in [0.05, 0.1) is 4.92 Å². The number of anilines is 1. The first-order valence-electron chi connectivity index (χ1n) is 6.19. The number of nitrogens with zero attached hydrogens (tertiary/aromatic N) is 2. The van der Waals surface area contributed by atoms with Gasteiger partial charge >= 0.3 is 0 Å². The molecule has 0 atom stereocenters. The van der Waals surface area contributed by atoms with Gasteiger partial charge in [-0.15, -0.1) is 0 Å². The van der Waals surface area contributed by atoms with Gasteiger partial charge in [-0.2, -0.15) is 0 Å². The number of nitro groups is 1. The first-order valence-corrected chi connectivity index (χ1v) is 6.19. The van der Waals surface area contributed by atoms with E-state index < -0.39 is 0 Å². The summed E-state index contributed by atoms with van der Waals surface area (Å²) in [6.45, 7) is 7.98. The van der Waals surface area contributed by atoms with Crippen LogP contribution in [0, 0.1) is 10.1 Å². The smallest absolute Gasteiger partial charge is 0.292 e. The number of para-hydroxylation sites is 1. The molecule has 0 amide bonds. The van der Waals surface area contributed by atoms with Crippen molar-refractivity contribution in [1.29, 1.82) is 0 Å². The van der Waals surface area contributed by atoms with Gasteiger partial charge in [-0.25, -0.2) is 0 Å². The first kappa shape index (κ1) is 14.4. The molecule has 1 aromatic carbocycles. The van der Waals surface area contributed by atoms with Crippen molar-refractivity contribution in [1.82, 2.24) is 4.90 Å². The number of hydrogen-bond acceptors (Lipinski definition) is 4. The molecule has 0 heterocycles. The Morgan fingerprint density at radius 3 is 2.56 bits per heavy atom. The summed E-state index contributed by atoms with van der Waals surface area (Å²) in [5, 5.41) is 13.9. The highest BCUT2D eigenvalue weighted by Gasteiger charge is 2.18. The topological polar surface area (TPSA) is 58.4 Å². The quantitative estimate of drug-likeness (QED) is 0.624. The highest BCUT2D eigenvalue weighted by atomic mass is 16.6. The Balaban J connectivity index is 3.08. The van der Waals surface area contributed by atoms with E-state index in [1.807, 2.05) is 6.07 Å². The van der Waals surface area contributed by atoms with Crippen LogP contribution in [-0.4, -0.2) is 29.5 Å². The van der Waals surface area contributed by atoms with Gasteiger partial charge < -0.3 is 5.32 Å². The largest absolute Gasteiger partial charge is 0.382 e. The first-order chi connectivity index (χ1) is 8.51. The molecule has 5 nitrogen and oxygen atoms in total. The van der Waals surface area contributed by atoms with Crippen molar-refractivity contribution in [3.63, 3.8) is 0 Å². The molecule has 1 rings (SSSR count). The normalized spacial score (nSPS) is 11.0. The van der Waals surface area contributed by atoms with Crippen molar-refractivity contribution >= 4 is 11.4 Å². The molecule has 1 aromatic rings. The third kappa shape index (κ3) is 3.20. The molecule has 0 aliphatic carbocycles. The van der Waals surface area contributed by atoms with Crippen LogP contribution in [0.15, 0.2) is 18.2 Å². The van der Waals surface area contributed by atoms with E-state index in [2.05, 4.69) is 31.0 Å². The zero-order valence-electron chi connectivity index (χ0n) is 11.4. The Morgan fingerprint density at radius 2 is 2.11 bits per heavy atom. The molecule has 5 heteroatoms. The average Bonchev–Trinajstić information content (AvgIpc) is 2.34. The molecule has 18 heavy (non-hydrogen) atoms. The highest BCUT2D eigenvalue weighted by molar-refractivity contribution is 5.66. The molecule has 100 valence electrons. The minimum atomic E-state index is -0.346. The summed E-state index contributed by atoms with van der Waals surface area (Å²) < 4.78 is 0. The van der Waals surface area contributed by atoms with Gasteiger partial charge in [-0.1, -0.05) is 19.1 Å². The second kappa shape index (κ2) is 6.35. The van der Waals surface area contributed by atoms with Crippen molar-refractivity contribution in [2.45, 2.75) is 33.4 Å². The van der Waals surface area contributed by atoms with Crippen LogP contribution in [0.2, 0.25) is 0 Å². The molecule has 0 bridgehead atoms. The van der Waals surface area contributed by atoms with Crippen molar-refractivity contribution in [2.75, 3.05) is 18.9 Å². The second-order valence-corrected chi connectivity index (χ2v) is 4.48. The van der Waals surface area contributed by atoms with E-state index in [0.29, 0.717) is 18.3 Å². The van der Waals surface area contributed by atoms with E-state index >= 15 is 0 Å². The number of nitrogens with one attached hydrogen (secondary N) is 1. The molecule has 1 N–H and O–H groups in total. The van der Waals surface area contributed by atoms with Gasteiger partial charge in [-0.3, -0.25) is 15.0 Å². The van der Waals surface area contributed by atoms with E-state index in [-0.39, 0.29) is 10.6 Å². The van der Waals surface area contributed by atoms with Crippen LogP contribution >= 0.6 is 0 Å². The Hall–Kier alpha value is -1.62. The molecular weight excluding hydrogens is 230 g/mol. The summed E-state index contributed by atoms with van der Waals surface area (Å²) in [5.41, 5.74) is 1.71. The van der Waals surface area contributed by atoms with E-state index in [0.717, 1.165) is 12.1 Å². The van der Waals surface area contributed by atoms with Crippen molar-refractivity contribution in [3.8, 4) is 0 Å². The minimum absolute atomic E-state index is 0.134. The maximum atomic E-state index is 11.0. The summed E-state index contributed by atoms with van der Waals surface area (Å²) >= 11 is 0. The van der Waals surface area contributed by atoms with Gasteiger partial charge in [-0.05, 0) is 26.0 Å². The highest BCUT2D eigenvalue weighted by Crippen LogP contribution is 2.28. The Kier molecular flexibility index (Phi) is 5.09. The lowest BCUT2D eigenvalue weighted by molar-refractivity contribution is -0.384. The van der Waals surface area contributed by atoms with Crippen LogP contribution in [0.3, 0.4) is 0 Å². The lowest BCUT2D eigenvalue weighted by Crippen LogP contribution is -2.30. The summed E-state index contributed by atoms with van der Waals surface area (Å²) in [4.78, 5) is 12.9. The third-order valence-electron chi connectivity index (χ3n) is 3.09. The van der Waals surface area contributed by atoms with E-state index in [1.165, 1.54) is 6.07 Å². The van der Waals surface area contributed by atoms with Gasteiger partial charge in [0, 0.05) is 25.7 Å². The monoisotopic (exact) mass is 251 g/mol. The molecule has 0 aliphatic heterocycles. The molecule has 0 saturated heterocycles. The molecule has 0 spiro atoms. The fourth-order valence-electron chi connectivity index (χ4n) is 2.04. The third-order valence-corrected chi connectivity index (χ3v) is 3.09. The summed E-state index contributed by atoms with van der Waals surface area (Å²) in [7, 11) is 1.72. The maximum absolute atomic E-state index is 11.0. The van der Waals surface area contributed by atoms with Crippen molar-refractivity contribution in [3.05, 3.63) is 33.9 Å². The fraction of sp³-hybridized carbons (Fsp3) is 0.538. The van der Waals surface area contributed by atoms with E-state index in [9.17, 15) is 10.1 Å². The number of nitro benzene ring substituents is 1. The molecule has 0 fully saturated rings. The van der Waals surface area contributed by atoms with Crippen molar-refractivity contribution < 1.29 is 4.92 Å². The van der Waals surface area contributed by atoms with Crippen LogP contribution < -0.4 is 5.32 Å². The predicted octanol–water partition coefficient (Wildman–Crippen LogP) is 2.87. The average molecular weight is 251 g/mol. The van der Waals surface area contributed by atoms with Gasteiger partial charge in [0.1, 0.15) is 5.69 Å². The Labute approximate surface area is 108 Å². The molecule has 0 aliphatic rings. The zero-order chi connectivity index (χ0) is 13.7. The zero-order valence-corrected chi connectivity index (χ0v) is 11.4. The van der Waals surface area contributed by atoms with Gasteiger partial charge in [0.25, 0.3) is 5.69 Å². The Bertz CT molecular complexity index is 419. The minimum Gasteiger partial charge on any atom is -0.382 e. The standard InChI is InChI=1S/C13H21N3O2/c1-5-15(10(2)3)9-11-7-6-8-12(16(17)18)13(11)14-4/h6-8,10,14H,5,9H2,1-4H3. The molecule has 0 saturated carbocycles. The van der Waals surface area contributed by atoms with Crippen LogP contribution in [0.25, 0.3) is 0 Å². The maximum Gasteiger partial charge on any atom is 0.292 e. The van der Waals surface area contributed by atoms with E-state index in [1.54, 1.807) is 13.1 Å². The molecule has 0 aromatic heterocycles. The number of hydrogen-bond donors (Lipinski definition) is 1. The van der Waals surface area contributed by atoms with Crippen LogP contribution in [-0.2, 0) is 6.54 Å². The second-order valence-electron chi connectivity index (χ2n) is 4.48. The van der Waals surface area contributed by atoms with E-state index in [4.69, 9.17) is 0 Å². The van der Waals surface area contributed by atoms with Crippen LogP contribution in [0.1, 0.15) is 26.3 Å². The molecule has 0 radical (unpaired) electrons. The fourth-order valence-corrected chi connectivity index (χ4v) is 2.04. The summed E-state index contributed by atoms with van der Waals surface area (Å²) in [6.07, 6.45) is 0. The van der Waals surface area contributed by atoms with Gasteiger partial charge in [0.2, 0.25) is 0 Å². The predicted molar refractivity (Wildman–Crippen MR) is 73.9 cm³/mol. The van der Waals surface area contributed by atoms with Gasteiger partial charge in [0.15, 0.2) is 0 Å². The lowest BCUT2D eigenvalue weighted by atomic mass is 10.1. The van der Waals surface area contributed by atoms with Crippen LogP contribution in [0.4, 0.5) is 11.4 Å². The lowest BCUT2D eigenvalue weighted by Gasteiger charge is -2.25.